The zero-order chi connectivity index (χ0) is 11.4. The van der Waals surface area contributed by atoms with Gasteiger partial charge in [0.2, 0.25) is 0 Å². The molecule has 86 valence electrons. The fourth-order valence-corrected chi connectivity index (χ4v) is 2.66. The minimum absolute atomic E-state index is 0.317. The van der Waals surface area contributed by atoms with Crippen LogP contribution in [-0.4, -0.2) is 16.1 Å². The van der Waals surface area contributed by atoms with E-state index in [0.29, 0.717) is 18.3 Å². The Hall–Kier alpha value is -1.38. The molecule has 1 aromatic heterocycles. The number of hydrogen-bond acceptors (Lipinski definition) is 2. The molecule has 16 heavy (non-hydrogen) atoms. The van der Waals surface area contributed by atoms with Crippen molar-refractivity contribution in [1.29, 1.82) is 0 Å². The van der Waals surface area contributed by atoms with Gasteiger partial charge in [-0.2, -0.15) is 0 Å². The number of hydrogen-bond donors (Lipinski definition) is 1. The number of carboxylic acid groups (broad SMARTS) is 1. The standard InChI is InChI=1S/C13H17NO2/c15-13(16)9-11-5-3-4-10(11)8-12-6-1-2-7-14-12/h1-2,6-7,10-11H,3-5,8-9H2,(H,15,16). The van der Waals surface area contributed by atoms with Crippen LogP contribution < -0.4 is 0 Å². The molecule has 0 radical (unpaired) electrons. The van der Waals surface area contributed by atoms with Gasteiger partial charge in [0.15, 0.2) is 0 Å². The van der Waals surface area contributed by atoms with Crippen LogP contribution in [0.2, 0.25) is 0 Å². The van der Waals surface area contributed by atoms with Crippen LogP contribution in [-0.2, 0) is 11.2 Å². The highest BCUT2D eigenvalue weighted by atomic mass is 16.4. The van der Waals surface area contributed by atoms with Gasteiger partial charge >= 0.3 is 5.97 Å². The van der Waals surface area contributed by atoms with E-state index in [2.05, 4.69) is 4.98 Å². The lowest BCUT2D eigenvalue weighted by molar-refractivity contribution is -0.138. The molecule has 2 atom stereocenters. The Bertz CT molecular complexity index is 350. The molecule has 1 saturated carbocycles. The minimum Gasteiger partial charge on any atom is -0.481 e. The molecule has 0 amide bonds. The average Bonchev–Trinajstić information content (AvgIpc) is 2.66. The molecule has 3 heteroatoms. The second-order valence-electron chi connectivity index (χ2n) is 4.57. The molecule has 0 saturated heterocycles. The molecule has 1 aliphatic rings. The number of rotatable bonds is 4. The lowest BCUT2D eigenvalue weighted by Gasteiger charge is -2.17. The zero-order valence-corrected chi connectivity index (χ0v) is 9.30. The maximum atomic E-state index is 10.7. The Morgan fingerprint density at radius 3 is 2.88 bits per heavy atom. The Balaban J connectivity index is 1.96. The molecule has 0 aromatic carbocycles. The lowest BCUT2D eigenvalue weighted by atomic mass is 9.89. The van der Waals surface area contributed by atoms with Crippen LogP contribution in [0.15, 0.2) is 24.4 Å². The van der Waals surface area contributed by atoms with Crippen LogP contribution >= 0.6 is 0 Å². The van der Waals surface area contributed by atoms with Crippen molar-refractivity contribution in [1.82, 2.24) is 4.98 Å². The summed E-state index contributed by atoms with van der Waals surface area (Å²) < 4.78 is 0. The van der Waals surface area contributed by atoms with Gasteiger partial charge in [-0.25, -0.2) is 0 Å². The summed E-state index contributed by atoms with van der Waals surface area (Å²) in [4.78, 5) is 15.0. The molecule has 1 aromatic rings. The van der Waals surface area contributed by atoms with E-state index in [4.69, 9.17) is 5.11 Å². The number of aromatic nitrogens is 1. The van der Waals surface area contributed by atoms with Gasteiger partial charge < -0.3 is 5.11 Å². The predicted molar refractivity (Wildman–Crippen MR) is 61.0 cm³/mol. The van der Waals surface area contributed by atoms with E-state index in [-0.39, 0.29) is 0 Å². The second kappa shape index (κ2) is 5.10. The van der Waals surface area contributed by atoms with E-state index in [9.17, 15) is 4.79 Å². The van der Waals surface area contributed by atoms with Gasteiger partial charge in [-0.05, 0) is 43.2 Å². The van der Waals surface area contributed by atoms with Gasteiger partial charge in [-0.1, -0.05) is 12.5 Å². The molecule has 3 nitrogen and oxygen atoms in total. The summed E-state index contributed by atoms with van der Waals surface area (Å²) in [5.41, 5.74) is 1.09. The van der Waals surface area contributed by atoms with E-state index in [1.165, 1.54) is 0 Å². The Morgan fingerprint density at radius 2 is 2.19 bits per heavy atom. The van der Waals surface area contributed by atoms with E-state index in [0.717, 1.165) is 31.4 Å². The van der Waals surface area contributed by atoms with Crippen molar-refractivity contribution in [2.75, 3.05) is 0 Å². The van der Waals surface area contributed by atoms with Crippen molar-refractivity contribution in [2.24, 2.45) is 11.8 Å². The summed E-state index contributed by atoms with van der Waals surface area (Å²) >= 11 is 0. The first-order valence-electron chi connectivity index (χ1n) is 5.87. The van der Waals surface area contributed by atoms with Crippen molar-refractivity contribution in [2.45, 2.75) is 32.1 Å². The molecule has 2 rings (SSSR count). The van der Waals surface area contributed by atoms with Gasteiger partial charge in [0.05, 0.1) is 0 Å². The maximum absolute atomic E-state index is 10.7. The molecule has 1 fully saturated rings. The van der Waals surface area contributed by atoms with E-state index < -0.39 is 5.97 Å². The summed E-state index contributed by atoms with van der Waals surface area (Å²) in [5, 5.41) is 8.84. The van der Waals surface area contributed by atoms with Crippen LogP contribution in [0.3, 0.4) is 0 Å². The molecule has 0 bridgehead atoms. The molecule has 1 heterocycles. The molecule has 1 aliphatic carbocycles. The van der Waals surface area contributed by atoms with Gasteiger partial charge in [0.25, 0.3) is 0 Å². The highest BCUT2D eigenvalue weighted by Crippen LogP contribution is 2.35. The number of carbonyl (C=O) groups is 1. The highest BCUT2D eigenvalue weighted by molar-refractivity contribution is 5.67. The average molecular weight is 219 g/mol. The topological polar surface area (TPSA) is 50.2 Å². The summed E-state index contributed by atoms with van der Waals surface area (Å²) in [6, 6.07) is 5.92. The van der Waals surface area contributed by atoms with Gasteiger partial charge in [-0.15, -0.1) is 0 Å². The van der Waals surface area contributed by atoms with Crippen molar-refractivity contribution in [3.05, 3.63) is 30.1 Å². The maximum Gasteiger partial charge on any atom is 0.303 e. The smallest absolute Gasteiger partial charge is 0.303 e. The van der Waals surface area contributed by atoms with E-state index >= 15 is 0 Å². The molecule has 0 spiro atoms. The second-order valence-corrected chi connectivity index (χ2v) is 4.57. The summed E-state index contributed by atoms with van der Waals surface area (Å²) in [6.45, 7) is 0. The zero-order valence-electron chi connectivity index (χ0n) is 9.30. The molecular formula is C13H17NO2. The Morgan fingerprint density at radius 1 is 1.38 bits per heavy atom. The molecular weight excluding hydrogens is 202 g/mol. The van der Waals surface area contributed by atoms with Crippen LogP contribution in [0.25, 0.3) is 0 Å². The SMILES string of the molecule is O=C(O)CC1CCCC1Cc1ccccn1. The Kier molecular flexibility index (Phi) is 3.54. The monoisotopic (exact) mass is 219 g/mol. The predicted octanol–water partition coefficient (Wildman–Crippen LogP) is 2.52. The summed E-state index contributed by atoms with van der Waals surface area (Å²) in [5.74, 6) is 0.184. The fraction of sp³-hybridized carbons (Fsp3) is 0.538. The number of carboxylic acids is 1. The van der Waals surface area contributed by atoms with E-state index in [1.54, 1.807) is 6.20 Å². The normalized spacial score (nSPS) is 24.5. The number of nitrogens with zero attached hydrogens (tertiary/aromatic N) is 1. The van der Waals surface area contributed by atoms with Crippen LogP contribution in [0, 0.1) is 11.8 Å². The largest absolute Gasteiger partial charge is 0.481 e. The third-order valence-corrected chi connectivity index (χ3v) is 3.45. The molecule has 1 N–H and O–H groups in total. The first kappa shape index (κ1) is 11.1. The molecule has 2 unspecified atom stereocenters. The van der Waals surface area contributed by atoms with Crippen molar-refractivity contribution in [3.8, 4) is 0 Å². The van der Waals surface area contributed by atoms with Crippen molar-refractivity contribution < 1.29 is 9.90 Å². The third-order valence-electron chi connectivity index (χ3n) is 3.45. The first-order chi connectivity index (χ1) is 7.75. The quantitative estimate of drug-likeness (QED) is 0.846. The summed E-state index contributed by atoms with van der Waals surface area (Å²) in [6.07, 6.45) is 6.42. The fourth-order valence-electron chi connectivity index (χ4n) is 2.66. The number of pyridine rings is 1. The highest BCUT2D eigenvalue weighted by Gasteiger charge is 2.29. The van der Waals surface area contributed by atoms with Gasteiger partial charge in [0.1, 0.15) is 0 Å². The Labute approximate surface area is 95.5 Å². The first-order valence-corrected chi connectivity index (χ1v) is 5.87. The van der Waals surface area contributed by atoms with Crippen molar-refractivity contribution >= 4 is 5.97 Å². The van der Waals surface area contributed by atoms with Crippen LogP contribution in [0.4, 0.5) is 0 Å². The van der Waals surface area contributed by atoms with Crippen molar-refractivity contribution in [3.63, 3.8) is 0 Å². The van der Waals surface area contributed by atoms with Gasteiger partial charge in [0, 0.05) is 18.3 Å². The van der Waals surface area contributed by atoms with Crippen LogP contribution in [0.5, 0.6) is 0 Å². The summed E-state index contributed by atoms with van der Waals surface area (Å²) in [7, 11) is 0. The minimum atomic E-state index is -0.669. The van der Waals surface area contributed by atoms with Gasteiger partial charge in [-0.3, -0.25) is 9.78 Å². The third kappa shape index (κ3) is 2.81. The lowest BCUT2D eigenvalue weighted by Crippen LogP contribution is -2.15. The van der Waals surface area contributed by atoms with Crippen LogP contribution in [0.1, 0.15) is 31.4 Å². The van der Waals surface area contributed by atoms with E-state index in [1.807, 2.05) is 18.2 Å². The number of aliphatic carboxylic acids is 1. The molecule has 0 aliphatic heterocycles.